The molecule has 2 rings (SSSR count). The van der Waals surface area contributed by atoms with Gasteiger partial charge in [-0.3, -0.25) is 4.79 Å². The number of rotatable bonds is 7. The first-order chi connectivity index (χ1) is 10.4. The maximum atomic E-state index is 12.4. The Balaban J connectivity index is 2.24. The van der Waals surface area contributed by atoms with Crippen LogP contribution in [0.25, 0.3) is 0 Å². The van der Waals surface area contributed by atoms with Crippen LogP contribution in [0.5, 0.6) is 0 Å². The van der Waals surface area contributed by atoms with E-state index in [0.29, 0.717) is 5.56 Å². The van der Waals surface area contributed by atoms with Gasteiger partial charge in [-0.1, -0.05) is 19.9 Å². The number of carbonyl (C=O) groups excluding carboxylic acids is 1. The van der Waals surface area contributed by atoms with Gasteiger partial charge in [0.25, 0.3) is 5.91 Å². The first-order valence-electron chi connectivity index (χ1n) is 7.81. The van der Waals surface area contributed by atoms with E-state index in [1.165, 1.54) is 6.07 Å². The van der Waals surface area contributed by atoms with Crippen LogP contribution in [0.2, 0.25) is 0 Å². The summed E-state index contributed by atoms with van der Waals surface area (Å²) in [5.74, 6) is -0.213. The quantitative estimate of drug-likeness (QED) is 0.808. The number of aryl methyl sites for hydroxylation is 1. The average Bonchev–Trinajstić information content (AvgIpc) is 3.27. The molecule has 2 N–H and O–H groups in total. The number of hydrogen-bond donors (Lipinski definition) is 2. The Bertz CT molecular complexity index is 647. The van der Waals surface area contributed by atoms with Crippen LogP contribution in [0.1, 0.15) is 55.5 Å². The van der Waals surface area contributed by atoms with Crippen LogP contribution in [0.3, 0.4) is 0 Å². The summed E-state index contributed by atoms with van der Waals surface area (Å²) in [6, 6.07) is 4.86. The summed E-state index contributed by atoms with van der Waals surface area (Å²) in [4.78, 5) is 12.5. The van der Waals surface area contributed by atoms with Gasteiger partial charge in [-0.05, 0) is 50.3 Å². The second kappa shape index (κ2) is 6.79. The summed E-state index contributed by atoms with van der Waals surface area (Å²) in [7, 11) is -3.54. The minimum atomic E-state index is -3.54. The van der Waals surface area contributed by atoms with Crippen LogP contribution in [-0.2, 0) is 10.0 Å². The van der Waals surface area contributed by atoms with Crippen molar-refractivity contribution >= 4 is 15.9 Å². The summed E-state index contributed by atoms with van der Waals surface area (Å²) in [6.07, 6.45) is 3.46. The monoisotopic (exact) mass is 324 g/mol. The van der Waals surface area contributed by atoms with Gasteiger partial charge < -0.3 is 5.32 Å². The van der Waals surface area contributed by atoms with E-state index in [4.69, 9.17) is 0 Å². The molecule has 22 heavy (non-hydrogen) atoms. The molecule has 1 aromatic rings. The fourth-order valence-electron chi connectivity index (χ4n) is 2.26. The SMILES string of the molecule is CCC(CC)NC(=O)c1cc(S(=O)(=O)NC2CC2)ccc1C. The third-order valence-electron chi connectivity index (χ3n) is 3.98. The first-order valence-corrected chi connectivity index (χ1v) is 9.29. The van der Waals surface area contributed by atoms with Gasteiger partial charge in [0.2, 0.25) is 10.0 Å². The molecule has 1 aliphatic rings. The van der Waals surface area contributed by atoms with Gasteiger partial charge in [-0.15, -0.1) is 0 Å². The van der Waals surface area contributed by atoms with Gasteiger partial charge in [0, 0.05) is 17.6 Å². The van der Waals surface area contributed by atoms with Crippen LogP contribution in [0.15, 0.2) is 23.1 Å². The normalized spacial score (nSPS) is 15.1. The minimum absolute atomic E-state index is 0.0492. The average molecular weight is 324 g/mol. The molecule has 1 amide bonds. The van der Waals surface area contributed by atoms with Crippen molar-refractivity contribution in [1.29, 1.82) is 0 Å². The molecule has 1 aromatic carbocycles. The van der Waals surface area contributed by atoms with Gasteiger partial charge >= 0.3 is 0 Å². The molecule has 1 aliphatic carbocycles. The molecule has 5 nitrogen and oxygen atoms in total. The predicted molar refractivity (Wildman–Crippen MR) is 86.4 cm³/mol. The fraction of sp³-hybridized carbons (Fsp3) is 0.562. The molecule has 0 bridgehead atoms. The van der Waals surface area contributed by atoms with Gasteiger partial charge in [0.1, 0.15) is 0 Å². The summed E-state index contributed by atoms with van der Waals surface area (Å²) in [5.41, 5.74) is 1.19. The van der Waals surface area contributed by atoms with Crippen LogP contribution < -0.4 is 10.0 Å². The summed E-state index contributed by atoms with van der Waals surface area (Å²) >= 11 is 0. The third kappa shape index (κ3) is 4.08. The highest BCUT2D eigenvalue weighted by molar-refractivity contribution is 7.89. The van der Waals surface area contributed by atoms with Crippen LogP contribution in [0.4, 0.5) is 0 Å². The molecule has 0 aliphatic heterocycles. The Morgan fingerprint density at radius 2 is 1.91 bits per heavy atom. The molecule has 1 fully saturated rings. The lowest BCUT2D eigenvalue weighted by Crippen LogP contribution is -2.34. The zero-order valence-corrected chi connectivity index (χ0v) is 14.2. The van der Waals surface area contributed by atoms with E-state index in [-0.39, 0.29) is 22.9 Å². The van der Waals surface area contributed by atoms with E-state index in [1.54, 1.807) is 12.1 Å². The van der Waals surface area contributed by atoms with Crippen molar-refractivity contribution in [3.05, 3.63) is 29.3 Å². The summed E-state index contributed by atoms with van der Waals surface area (Å²) < 4.78 is 27.2. The Morgan fingerprint density at radius 1 is 1.27 bits per heavy atom. The van der Waals surface area contributed by atoms with E-state index in [1.807, 2.05) is 20.8 Å². The number of sulfonamides is 1. The van der Waals surface area contributed by atoms with Gasteiger partial charge in [0.15, 0.2) is 0 Å². The highest BCUT2D eigenvalue weighted by Gasteiger charge is 2.28. The van der Waals surface area contributed by atoms with E-state index >= 15 is 0 Å². The van der Waals surface area contributed by atoms with E-state index in [0.717, 1.165) is 31.2 Å². The molecule has 0 saturated heterocycles. The Hall–Kier alpha value is -1.40. The van der Waals surface area contributed by atoms with Gasteiger partial charge in [0.05, 0.1) is 4.90 Å². The number of carbonyl (C=O) groups is 1. The molecule has 122 valence electrons. The molecule has 0 spiro atoms. The molecule has 0 radical (unpaired) electrons. The molecule has 0 heterocycles. The van der Waals surface area contributed by atoms with Crippen molar-refractivity contribution in [2.75, 3.05) is 0 Å². The van der Waals surface area contributed by atoms with Crippen molar-refractivity contribution in [3.63, 3.8) is 0 Å². The third-order valence-corrected chi connectivity index (χ3v) is 5.50. The number of nitrogens with one attached hydrogen (secondary N) is 2. The maximum absolute atomic E-state index is 12.4. The Labute approximate surface area is 132 Å². The highest BCUT2D eigenvalue weighted by Crippen LogP contribution is 2.23. The number of benzene rings is 1. The minimum Gasteiger partial charge on any atom is -0.349 e. The largest absolute Gasteiger partial charge is 0.349 e. The summed E-state index contributed by atoms with van der Waals surface area (Å²) in [5, 5.41) is 2.95. The zero-order valence-electron chi connectivity index (χ0n) is 13.3. The van der Waals surface area contributed by atoms with Crippen molar-refractivity contribution in [3.8, 4) is 0 Å². The maximum Gasteiger partial charge on any atom is 0.251 e. The second-order valence-electron chi connectivity index (χ2n) is 5.86. The zero-order chi connectivity index (χ0) is 16.3. The topological polar surface area (TPSA) is 75.3 Å². The molecular weight excluding hydrogens is 300 g/mol. The summed E-state index contributed by atoms with van der Waals surface area (Å²) in [6.45, 7) is 5.84. The molecule has 1 saturated carbocycles. The van der Waals surface area contributed by atoms with Crippen LogP contribution >= 0.6 is 0 Å². The number of amides is 1. The van der Waals surface area contributed by atoms with Crippen molar-refractivity contribution in [2.24, 2.45) is 0 Å². The number of hydrogen-bond acceptors (Lipinski definition) is 3. The Morgan fingerprint density at radius 3 is 2.45 bits per heavy atom. The highest BCUT2D eigenvalue weighted by atomic mass is 32.2. The lowest BCUT2D eigenvalue weighted by molar-refractivity contribution is 0.0934. The molecule has 0 unspecified atom stereocenters. The molecule has 6 heteroatoms. The standard InChI is InChI=1S/C16H24N2O3S/c1-4-12(5-2)17-16(19)15-10-14(9-6-11(15)3)22(20,21)18-13-7-8-13/h6,9-10,12-13,18H,4-5,7-8H2,1-3H3,(H,17,19). The van der Waals surface area contributed by atoms with Crippen LogP contribution in [-0.4, -0.2) is 26.4 Å². The van der Waals surface area contributed by atoms with E-state index < -0.39 is 10.0 Å². The van der Waals surface area contributed by atoms with E-state index in [9.17, 15) is 13.2 Å². The van der Waals surface area contributed by atoms with Crippen molar-refractivity contribution in [2.45, 2.75) is 63.4 Å². The van der Waals surface area contributed by atoms with Gasteiger partial charge in [-0.2, -0.15) is 0 Å². The van der Waals surface area contributed by atoms with E-state index in [2.05, 4.69) is 10.0 Å². The lowest BCUT2D eigenvalue weighted by atomic mass is 10.1. The van der Waals surface area contributed by atoms with Crippen molar-refractivity contribution < 1.29 is 13.2 Å². The predicted octanol–water partition coefficient (Wildman–Crippen LogP) is 2.35. The van der Waals surface area contributed by atoms with Crippen LogP contribution in [0, 0.1) is 6.92 Å². The second-order valence-corrected chi connectivity index (χ2v) is 7.57. The molecular formula is C16H24N2O3S. The lowest BCUT2D eigenvalue weighted by Gasteiger charge is -2.16. The molecule has 0 aromatic heterocycles. The Kier molecular flexibility index (Phi) is 5.24. The smallest absolute Gasteiger partial charge is 0.251 e. The van der Waals surface area contributed by atoms with Gasteiger partial charge in [-0.25, -0.2) is 13.1 Å². The molecule has 0 atom stereocenters. The van der Waals surface area contributed by atoms with Crippen molar-refractivity contribution in [1.82, 2.24) is 10.0 Å². The fourth-order valence-corrected chi connectivity index (χ4v) is 3.59. The first kappa shape index (κ1) is 17.0.